The molecule has 118 valence electrons. The highest BCUT2D eigenvalue weighted by molar-refractivity contribution is 6.30. The third kappa shape index (κ3) is 3.29. The van der Waals surface area contributed by atoms with Gasteiger partial charge in [-0.1, -0.05) is 11.6 Å². The molecule has 2 aromatic carbocycles. The van der Waals surface area contributed by atoms with Gasteiger partial charge in [0.2, 0.25) is 0 Å². The fourth-order valence-electron chi connectivity index (χ4n) is 2.38. The van der Waals surface area contributed by atoms with Gasteiger partial charge in [-0.05, 0) is 55.0 Å². The van der Waals surface area contributed by atoms with Crippen LogP contribution in [0.4, 0.5) is 16.2 Å². The van der Waals surface area contributed by atoms with E-state index in [-0.39, 0.29) is 12.0 Å². The molecule has 3 rings (SSSR count). The fourth-order valence-corrected chi connectivity index (χ4v) is 2.61. The number of benzene rings is 2. The largest absolute Gasteiger partial charge is 0.447 e. The van der Waals surface area contributed by atoms with E-state index in [1.165, 1.54) is 4.90 Å². The lowest BCUT2D eigenvalue weighted by Gasteiger charge is -2.13. The Bertz CT molecular complexity index is 759. The van der Waals surface area contributed by atoms with Crippen molar-refractivity contribution in [1.29, 1.82) is 0 Å². The van der Waals surface area contributed by atoms with E-state index < -0.39 is 0 Å². The molecule has 1 heterocycles. The van der Waals surface area contributed by atoms with Crippen molar-refractivity contribution in [3.63, 3.8) is 0 Å². The van der Waals surface area contributed by atoms with Crippen LogP contribution >= 0.6 is 11.6 Å². The van der Waals surface area contributed by atoms with Gasteiger partial charge in [-0.3, -0.25) is 9.69 Å². The summed E-state index contributed by atoms with van der Waals surface area (Å²) in [4.78, 5) is 25.3. The second-order valence-corrected chi connectivity index (χ2v) is 5.66. The first kappa shape index (κ1) is 15.4. The van der Waals surface area contributed by atoms with E-state index in [0.717, 1.165) is 5.56 Å². The Morgan fingerprint density at radius 3 is 2.57 bits per heavy atom. The third-order valence-electron chi connectivity index (χ3n) is 3.64. The Balaban J connectivity index is 1.74. The number of hydrogen-bond donors (Lipinski definition) is 1. The van der Waals surface area contributed by atoms with Crippen LogP contribution < -0.4 is 10.2 Å². The molecule has 0 aliphatic carbocycles. The van der Waals surface area contributed by atoms with Crippen molar-refractivity contribution in [2.45, 2.75) is 6.92 Å². The highest BCUT2D eigenvalue weighted by Gasteiger charge is 2.23. The van der Waals surface area contributed by atoms with Gasteiger partial charge in [0, 0.05) is 22.0 Å². The van der Waals surface area contributed by atoms with E-state index in [1.54, 1.807) is 42.5 Å². The van der Waals surface area contributed by atoms with Crippen molar-refractivity contribution < 1.29 is 14.3 Å². The molecular formula is C17H15ClN2O3. The zero-order valence-corrected chi connectivity index (χ0v) is 13.3. The van der Waals surface area contributed by atoms with Crippen molar-refractivity contribution >= 4 is 35.0 Å². The number of hydrogen-bond acceptors (Lipinski definition) is 3. The monoisotopic (exact) mass is 330 g/mol. The first-order valence-electron chi connectivity index (χ1n) is 7.16. The van der Waals surface area contributed by atoms with Gasteiger partial charge in [-0.2, -0.15) is 0 Å². The second-order valence-electron chi connectivity index (χ2n) is 5.23. The minimum atomic E-state index is -0.362. The molecule has 0 saturated carbocycles. The Hall–Kier alpha value is -2.53. The van der Waals surface area contributed by atoms with Gasteiger partial charge in [-0.25, -0.2) is 4.79 Å². The molecule has 6 heteroatoms. The molecule has 0 spiro atoms. The molecule has 0 bridgehead atoms. The van der Waals surface area contributed by atoms with Crippen LogP contribution in [0.15, 0.2) is 42.5 Å². The summed E-state index contributed by atoms with van der Waals surface area (Å²) >= 11 is 5.91. The van der Waals surface area contributed by atoms with E-state index in [2.05, 4.69) is 5.32 Å². The maximum absolute atomic E-state index is 12.3. The van der Waals surface area contributed by atoms with Gasteiger partial charge in [-0.15, -0.1) is 0 Å². The topological polar surface area (TPSA) is 58.6 Å². The van der Waals surface area contributed by atoms with Gasteiger partial charge >= 0.3 is 6.09 Å². The third-order valence-corrected chi connectivity index (χ3v) is 3.87. The Labute approximate surface area is 138 Å². The minimum Gasteiger partial charge on any atom is -0.447 e. The summed E-state index contributed by atoms with van der Waals surface area (Å²) < 4.78 is 4.90. The molecule has 0 atom stereocenters. The van der Waals surface area contributed by atoms with Crippen molar-refractivity contribution in [3.8, 4) is 0 Å². The van der Waals surface area contributed by atoms with E-state index in [0.29, 0.717) is 35.1 Å². The number of nitrogens with zero attached hydrogens (tertiary/aromatic N) is 1. The van der Waals surface area contributed by atoms with Crippen LogP contribution in [0.25, 0.3) is 0 Å². The lowest BCUT2D eigenvalue weighted by molar-refractivity contribution is 0.102. The van der Waals surface area contributed by atoms with Crippen LogP contribution in [0, 0.1) is 6.92 Å². The van der Waals surface area contributed by atoms with Gasteiger partial charge < -0.3 is 10.1 Å². The number of aryl methyl sites for hydroxylation is 1. The molecule has 0 unspecified atom stereocenters. The first-order valence-corrected chi connectivity index (χ1v) is 7.54. The van der Waals surface area contributed by atoms with Gasteiger partial charge in [0.1, 0.15) is 6.61 Å². The molecule has 1 aliphatic heterocycles. The van der Waals surface area contributed by atoms with E-state index in [4.69, 9.17) is 16.3 Å². The SMILES string of the molecule is Cc1cc(Cl)ccc1NC(=O)c1ccc(N2CCOC2=O)cc1. The maximum Gasteiger partial charge on any atom is 0.414 e. The van der Waals surface area contributed by atoms with Crippen molar-refractivity contribution in [2.24, 2.45) is 0 Å². The summed E-state index contributed by atoms with van der Waals surface area (Å²) in [6, 6.07) is 12.1. The smallest absolute Gasteiger partial charge is 0.414 e. The number of ether oxygens (including phenoxy) is 1. The molecule has 1 N–H and O–H groups in total. The molecular weight excluding hydrogens is 316 g/mol. The zero-order valence-electron chi connectivity index (χ0n) is 12.5. The van der Waals surface area contributed by atoms with E-state index >= 15 is 0 Å². The number of rotatable bonds is 3. The van der Waals surface area contributed by atoms with Crippen LogP contribution in [0.1, 0.15) is 15.9 Å². The quantitative estimate of drug-likeness (QED) is 0.929. The maximum atomic E-state index is 12.3. The van der Waals surface area contributed by atoms with Crippen LogP contribution in [-0.2, 0) is 4.74 Å². The summed E-state index contributed by atoms with van der Waals surface area (Å²) in [6.07, 6.45) is -0.362. The van der Waals surface area contributed by atoms with Crippen LogP contribution in [0.2, 0.25) is 5.02 Å². The lowest BCUT2D eigenvalue weighted by Crippen LogP contribution is -2.23. The van der Waals surface area contributed by atoms with Crippen LogP contribution in [0.5, 0.6) is 0 Å². The molecule has 2 amide bonds. The van der Waals surface area contributed by atoms with Crippen LogP contribution in [-0.4, -0.2) is 25.2 Å². The second kappa shape index (κ2) is 6.30. The number of cyclic esters (lactones) is 1. The molecule has 0 radical (unpaired) electrons. The average Bonchev–Trinajstić information content (AvgIpc) is 2.96. The normalized spacial score (nSPS) is 13.8. The highest BCUT2D eigenvalue weighted by Crippen LogP contribution is 2.22. The van der Waals surface area contributed by atoms with Crippen molar-refractivity contribution in [3.05, 3.63) is 58.6 Å². The Morgan fingerprint density at radius 2 is 1.96 bits per heavy atom. The summed E-state index contributed by atoms with van der Waals surface area (Å²) in [5.41, 5.74) is 2.83. The summed E-state index contributed by atoms with van der Waals surface area (Å²) in [5, 5.41) is 3.48. The summed E-state index contributed by atoms with van der Waals surface area (Å²) in [7, 11) is 0. The zero-order chi connectivity index (χ0) is 16.4. The number of anilines is 2. The number of carbonyl (C=O) groups excluding carboxylic acids is 2. The molecule has 1 aliphatic rings. The summed E-state index contributed by atoms with van der Waals surface area (Å²) in [5.74, 6) is -0.217. The first-order chi connectivity index (χ1) is 11.0. The predicted octanol–water partition coefficient (Wildman–Crippen LogP) is 3.86. The molecule has 2 aromatic rings. The van der Waals surface area contributed by atoms with Crippen molar-refractivity contribution in [1.82, 2.24) is 0 Å². The Morgan fingerprint density at radius 1 is 1.22 bits per heavy atom. The predicted molar refractivity (Wildman–Crippen MR) is 89.3 cm³/mol. The number of carbonyl (C=O) groups is 2. The minimum absolute atomic E-state index is 0.217. The van der Waals surface area contributed by atoms with Gasteiger partial charge in [0.15, 0.2) is 0 Å². The number of amides is 2. The standard InChI is InChI=1S/C17H15ClN2O3/c1-11-10-13(18)4-7-15(11)19-16(21)12-2-5-14(6-3-12)20-8-9-23-17(20)22/h2-7,10H,8-9H2,1H3,(H,19,21). The summed E-state index contributed by atoms with van der Waals surface area (Å²) in [6.45, 7) is 2.79. The molecule has 0 aromatic heterocycles. The average molecular weight is 331 g/mol. The number of nitrogens with one attached hydrogen (secondary N) is 1. The Kier molecular flexibility index (Phi) is 4.21. The van der Waals surface area contributed by atoms with Crippen molar-refractivity contribution in [2.75, 3.05) is 23.4 Å². The van der Waals surface area contributed by atoms with Gasteiger partial charge in [0.25, 0.3) is 5.91 Å². The van der Waals surface area contributed by atoms with Crippen LogP contribution in [0.3, 0.4) is 0 Å². The molecule has 23 heavy (non-hydrogen) atoms. The molecule has 1 fully saturated rings. The fraction of sp³-hybridized carbons (Fsp3) is 0.176. The molecule has 1 saturated heterocycles. The lowest BCUT2D eigenvalue weighted by atomic mass is 10.1. The van der Waals surface area contributed by atoms with E-state index in [9.17, 15) is 9.59 Å². The number of halogens is 1. The van der Waals surface area contributed by atoms with E-state index in [1.807, 2.05) is 6.92 Å². The van der Waals surface area contributed by atoms with Gasteiger partial charge in [0.05, 0.1) is 6.54 Å². The molecule has 5 nitrogen and oxygen atoms in total. The highest BCUT2D eigenvalue weighted by atomic mass is 35.5.